The molecule has 0 spiro atoms. The van der Waals surface area contributed by atoms with Gasteiger partial charge in [0.15, 0.2) is 0 Å². The Balaban J connectivity index is 2.19. The van der Waals surface area contributed by atoms with Crippen LogP contribution in [0, 0.1) is 28.6 Å². The monoisotopic (exact) mass is 292 g/mol. The Morgan fingerprint density at radius 3 is 2.48 bits per heavy atom. The number of ether oxygens (including phenoxy) is 2. The van der Waals surface area contributed by atoms with Crippen molar-refractivity contribution in [3.05, 3.63) is 11.8 Å². The van der Waals surface area contributed by atoms with Gasteiger partial charge in [0.25, 0.3) is 0 Å². The fourth-order valence-electron chi connectivity index (χ4n) is 4.41. The summed E-state index contributed by atoms with van der Waals surface area (Å²) < 4.78 is 10.3. The first kappa shape index (κ1) is 14.3. The van der Waals surface area contributed by atoms with Gasteiger partial charge in [-0.05, 0) is 24.8 Å². The quantitative estimate of drug-likeness (QED) is 0.576. The summed E-state index contributed by atoms with van der Waals surface area (Å²) in [6.07, 6.45) is 3.44. The van der Waals surface area contributed by atoms with Crippen molar-refractivity contribution in [3.8, 4) is 0 Å². The number of hydrogen-bond donors (Lipinski definition) is 0. The van der Waals surface area contributed by atoms with E-state index in [0.717, 1.165) is 6.42 Å². The third-order valence-corrected chi connectivity index (χ3v) is 5.68. The topological polar surface area (TPSA) is 69.7 Å². The standard InChI is InChI=1S/C16H20O5/c1-8(2)16-6-5-15(4,10(7-16)20-9(3)17)11-12(16)14(19)21-13(11)18/h7-8,11-12H,5-6H2,1-4H3. The van der Waals surface area contributed by atoms with Gasteiger partial charge in [-0.15, -0.1) is 0 Å². The predicted molar refractivity (Wildman–Crippen MR) is 72.5 cm³/mol. The van der Waals surface area contributed by atoms with E-state index in [2.05, 4.69) is 0 Å². The molecule has 114 valence electrons. The van der Waals surface area contributed by atoms with Gasteiger partial charge in [-0.1, -0.05) is 20.8 Å². The zero-order chi connectivity index (χ0) is 15.6. The van der Waals surface area contributed by atoms with Gasteiger partial charge in [-0.3, -0.25) is 14.4 Å². The van der Waals surface area contributed by atoms with Gasteiger partial charge in [-0.25, -0.2) is 0 Å². The van der Waals surface area contributed by atoms with Gasteiger partial charge in [0.2, 0.25) is 0 Å². The molecule has 0 radical (unpaired) electrons. The molecule has 21 heavy (non-hydrogen) atoms. The molecule has 4 rings (SSSR count). The van der Waals surface area contributed by atoms with E-state index in [0.29, 0.717) is 12.2 Å². The zero-order valence-electron chi connectivity index (χ0n) is 12.8. The summed E-state index contributed by atoms with van der Waals surface area (Å²) in [6.45, 7) is 7.30. The summed E-state index contributed by atoms with van der Waals surface area (Å²) in [5.74, 6) is -1.62. The molecule has 2 fully saturated rings. The van der Waals surface area contributed by atoms with Crippen LogP contribution < -0.4 is 0 Å². The highest BCUT2D eigenvalue weighted by molar-refractivity contribution is 5.98. The number of fused-ring (bicyclic) bond motifs is 1. The molecule has 2 bridgehead atoms. The van der Waals surface area contributed by atoms with Gasteiger partial charge in [0.1, 0.15) is 5.76 Å². The van der Waals surface area contributed by atoms with Crippen molar-refractivity contribution in [1.82, 2.24) is 0 Å². The fourth-order valence-corrected chi connectivity index (χ4v) is 4.41. The van der Waals surface area contributed by atoms with Crippen LogP contribution in [-0.2, 0) is 23.9 Å². The summed E-state index contributed by atoms with van der Waals surface area (Å²) in [5.41, 5.74) is -1.09. The van der Waals surface area contributed by atoms with Crippen LogP contribution in [0.15, 0.2) is 11.8 Å². The fraction of sp³-hybridized carbons (Fsp3) is 0.688. The lowest BCUT2D eigenvalue weighted by molar-refractivity contribution is -0.155. The Morgan fingerprint density at radius 1 is 1.29 bits per heavy atom. The van der Waals surface area contributed by atoms with E-state index in [1.807, 2.05) is 26.8 Å². The Labute approximate surface area is 123 Å². The maximum absolute atomic E-state index is 12.2. The highest BCUT2D eigenvalue weighted by atomic mass is 16.6. The van der Waals surface area contributed by atoms with Crippen LogP contribution in [0.25, 0.3) is 0 Å². The number of allylic oxidation sites excluding steroid dienone is 2. The van der Waals surface area contributed by atoms with Crippen molar-refractivity contribution in [2.75, 3.05) is 0 Å². The number of rotatable bonds is 2. The SMILES string of the molecule is CC(=O)OC1=CC2(C(C)C)CCC1(C)C1C(=O)OC(=O)C12. The third-order valence-electron chi connectivity index (χ3n) is 5.68. The van der Waals surface area contributed by atoms with Gasteiger partial charge < -0.3 is 9.47 Å². The molecule has 1 saturated carbocycles. The smallest absolute Gasteiger partial charge is 0.318 e. The molecule has 1 saturated heterocycles. The molecule has 3 aliphatic carbocycles. The summed E-state index contributed by atoms with van der Waals surface area (Å²) in [6, 6.07) is 0. The van der Waals surface area contributed by atoms with E-state index in [-0.39, 0.29) is 5.92 Å². The number of carbonyl (C=O) groups is 3. The molecule has 5 nitrogen and oxygen atoms in total. The second-order valence-corrected chi connectivity index (χ2v) is 6.98. The molecule has 5 heteroatoms. The van der Waals surface area contributed by atoms with Gasteiger partial charge in [-0.2, -0.15) is 0 Å². The summed E-state index contributed by atoms with van der Waals surface area (Å²) in [7, 11) is 0. The molecule has 4 atom stereocenters. The molecule has 4 aliphatic rings. The predicted octanol–water partition coefficient (Wildman–Crippen LogP) is 2.21. The molecule has 0 aromatic rings. The van der Waals surface area contributed by atoms with Crippen LogP contribution in [0.5, 0.6) is 0 Å². The first-order valence-electron chi connectivity index (χ1n) is 7.39. The summed E-state index contributed by atoms with van der Waals surface area (Å²) in [4.78, 5) is 35.8. The van der Waals surface area contributed by atoms with Crippen molar-refractivity contribution >= 4 is 17.9 Å². The van der Waals surface area contributed by atoms with E-state index in [4.69, 9.17) is 9.47 Å². The minimum Gasteiger partial charge on any atom is -0.431 e. The molecular formula is C16H20O5. The maximum atomic E-state index is 12.2. The highest BCUT2D eigenvalue weighted by Gasteiger charge is 2.69. The van der Waals surface area contributed by atoms with Crippen LogP contribution in [-0.4, -0.2) is 17.9 Å². The second kappa shape index (κ2) is 4.18. The normalized spacial score (nSPS) is 40.9. The number of hydrogen-bond acceptors (Lipinski definition) is 5. The molecule has 1 aliphatic heterocycles. The Hall–Kier alpha value is -1.65. The van der Waals surface area contributed by atoms with E-state index in [1.54, 1.807) is 0 Å². The summed E-state index contributed by atoms with van der Waals surface area (Å²) >= 11 is 0. The van der Waals surface area contributed by atoms with E-state index in [9.17, 15) is 14.4 Å². The van der Waals surface area contributed by atoms with Gasteiger partial charge in [0, 0.05) is 17.8 Å². The summed E-state index contributed by atoms with van der Waals surface area (Å²) in [5, 5.41) is 0. The van der Waals surface area contributed by atoms with Crippen LogP contribution in [0.1, 0.15) is 40.5 Å². The minimum absolute atomic E-state index is 0.152. The molecule has 1 heterocycles. The second-order valence-electron chi connectivity index (χ2n) is 6.98. The molecule has 0 N–H and O–H groups in total. The van der Waals surface area contributed by atoms with Crippen LogP contribution in [0.2, 0.25) is 0 Å². The van der Waals surface area contributed by atoms with Crippen molar-refractivity contribution < 1.29 is 23.9 Å². The minimum atomic E-state index is -0.629. The first-order valence-corrected chi connectivity index (χ1v) is 7.39. The third kappa shape index (κ3) is 1.66. The molecule has 0 amide bonds. The Morgan fingerprint density at radius 2 is 1.90 bits per heavy atom. The van der Waals surface area contributed by atoms with E-state index < -0.39 is 40.6 Å². The zero-order valence-corrected chi connectivity index (χ0v) is 12.8. The number of cyclic esters (lactones) is 2. The Kier molecular flexibility index (Phi) is 2.85. The van der Waals surface area contributed by atoms with Crippen molar-refractivity contribution in [2.24, 2.45) is 28.6 Å². The van der Waals surface area contributed by atoms with Crippen molar-refractivity contribution in [2.45, 2.75) is 40.5 Å². The highest BCUT2D eigenvalue weighted by Crippen LogP contribution is 2.66. The van der Waals surface area contributed by atoms with Gasteiger partial charge >= 0.3 is 17.9 Å². The molecule has 0 aromatic heterocycles. The Bertz CT molecular complexity index is 575. The lowest BCUT2D eigenvalue weighted by Gasteiger charge is -2.56. The molecule has 0 aromatic carbocycles. The number of carbonyl (C=O) groups excluding carboxylic acids is 3. The van der Waals surface area contributed by atoms with Crippen molar-refractivity contribution in [3.63, 3.8) is 0 Å². The lowest BCUT2D eigenvalue weighted by Crippen LogP contribution is -2.56. The average Bonchev–Trinajstić information content (AvgIpc) is 2.68. The molecular weight excluding hydrogens is 272 g/mol. The van der Waals surface area contributed by atoms with Crippen LogP contribution in [0.4, 0.5) is 0 Å². The largest absolute Gasteiger partial charge is 0.431 e. The van der Waals surface area contributed by atoms with Crippen molar-refractivity contribution in [1.29, 1.82) is 0 Å². The number of esters is 3. The molecule has 4 unspecified atom stereocenters. The van der Waals surface area contributed by atoms with Gasteiger partial charge in [0.05, 0.1) is 11.8 Å². The van der Waals surface area contributed by atoms with Crippen LogP contribution >= 0.6 is 0 Å². The van der Waals surface area contributed by atoms with E-state index in [1.165, 1.54) is 6.92 Å². The first-order chi connectivity index (χ1) is 9.72. The maximum Gasteiger partial charge on any atom is 0.318 e. The van der Waals surface area contributed by atoms with E-state index >= 15 is 0 Å². The lowest BCUT2D eigenvalue weighted by atomic mass is 9.46. The average molecular weight is 292 g/mol. The van der Waals surface area contributed by atoms with Crippen LogP contribution in [0.3, 0.4) is 0 Å².